The highest BCUT2D eigenvalue weighted by Gasteiger charge is 2.44. The Kier molecular flexibility index (Phi) is 3.51. The molecule has 0 N–H and O–H groups in total. The number of fused-ring (bicyclic) bond motifs is 1. The third-order valence-corrected chi connectivity index (χ3v) is 5.16. The Labute approximate surface area is 116 Å². The van der Waals surface area contributed by atoms with Gasteiger partial charge in [0.2, 0.25) is 0 Å². The van der Waals surface area contributed by atoms with Crippen molar-refractivity contribution in [1.29, 1.82) is 0 Å². The van der Waals surface area contributed by atoms with Gasteiger partial charge in [-0.15, -0.1) is 0 Å². The number of hydrogen-bond donors (Lipinski definition) is 0. The largest absolute Gasteiger partial charge is 0.429 e. The zero-order valence-corrected chi connectivity index (χ0v) is 13.2. The Morgan fingerprint density at radius 1 is 1.44 bits per heavy atom. The lowest BCUT2D eigenvalue weighted by Gasteiger charge is -2.21. The molecular formula is C12H16BrNO3Si. The summed E-state index contributed by atoms with van der Waals surface area (Å²) in [5, 5.41) is 11.1. The van der Waals surface area contributed by atoms with Crippen LogP contribution in [0, 0.1) is 10.1 Å². The van der Waals surface area contributed by atoms with Gasteiger partial charge in [-0.25, -0.2) is 0 Å². The van der Waals surface area contributed by atoms with Gasteiger partial charge in [0.25, 0.3) is 0 Å². The van der Waals surface area contributed by atoms with E-state index in [4.69, 9.17) is 4.74 Å². The van der Waals surface area contributed by atoms with E-state index in [-0.39, 0.29) is 10.8 Å². The summed E-state index contributed by atoms with van der Waals surface area (Å²) in [5.74, 6) is 0.530. The van der Waals surface area contributed by atoms with Crippen LogP contribution in [0.15, 0.2) is 22.7 Å². The Hall–Kier alpha value is -0.883. The first-order chi connectivity index (χ1) is 8.28. The third-order valence-electron chi connectivity index (χ3n) is 3.00. The SMILES string of the molecule is C[Si](C)(C)C[C@H]1c2cc(Br)ccc2O[C@@H]1[N+](=O)[O-]. The maximum absolute atomic E-state index is 11.1. The van der Waals surface area contributed by atoms with Gasteiger partial charge in [-0.1, -0.05) is 35.6 Å². The molecule has 18 heavy (non-hydrogen) atoms. The van der Waals surface area contributed by atoms with E-state index >= 15 is 0 Å². The summed E-state index contributed by atoms with van der Waals surface area (Å²) in [6.07, 6.45) is -0.930. The molecule has 98 valence electrons. The quantitative estimate of drug-likeness (QED) is 0.480. The molecule has 0 saturated heterocycles. The van der Waals surface area contributed by atoms with Crippen molar-refractivity contribution in [3.63, 3.8) is 0 Å². The topological polar surface area (TPSA) is 52.4 Å². The molecule has 0 fully saturated rings. The maximum Gasteiger partial charge on any atom is 0.360 e. The second-order valence-corrected chi connectivity index (χ2v) is 12.3. The first kappa shape index (κ1) is 13.5. The van der Waals surface area contributed by atoms with Gasteiger partial charge in [0, 0.05) is 18.1 Å². The van der Waals surface area contributed by atoms with Gasteiger partial charge in [-0.05, 0) is 24.2 Å². The zero-order chi connectivity index (χ0) is 13.5. The molecule has 0 unspecified atom stereocenters. The first-order valence-electron chi connectivity index (χ1n) is 5.87. The summed E-state index contributed by atoms with van der Waals surface area (Å²) < 4.78 is 6.42. The van der Waals surface area contributed by atoms with E-state index in [0.717, 1.165) is 16.1 Å². The molecule has 0 bridgehead atoms. The van der Waals surface area contributed by atoms with E-state index in [0.29, 0.717) is 5.75 Å². The molecular weight excluding hydrogens is 314 g/mol. The van der Waals surface area contributed by atoms with E-state index in [9.17, 15) is 10.1 Å². The third kappa shape index (κ3) is 2.75. The lowest BCUT2D eigenvalue weighted by molar-refractivity contribution is -0.563. The van der Waals surface area contributed by atoms with E-state index in [1.165, 1.54) is 0 Å². The van der Waals surface area contributed by atoms with Crippen LogP contribution in [0.2, 0.25) is 25.7 Å². The number of rotatable bonds is 3. The predicted octanol–water partition coefficient (Wildman–Crippen LogP) is 3.87. The minimum absolute atomic E-state index is 0.126. The predicted molar refractivity (Wildman–Crippen MR) is 76.4 cm³/mol. The van der Waals surface area contributed by atoms with Crippen LogP contribution in [0.25, 0.3) is 0 Å². The lowest BCUT2D eigenvalue weighted by Crippen LogP contribution is -2.33. The van der Waals surface area contributed by atoms with Gasteiger partial charge < -0.3 is 4.74 Å². The second kappa shape index (κ2) is 4.66. The molecule has 4 nitrogen and oxygen atoms in total. The maximum atomic E-state index is 11.1. The molecule has 0 aliphatic carbocycles. The van der Waals surface area contributed by atoms with Crippen molar-refractivity contribution < 1.29 is 9.66 Å². The Morgan fingerprint density at radius 2 is 2.11 bits per heavy atom. The van der Waals surface area contributed by atoms with Crippen molar-refractivity contribution in [2.24, 2.45) is 0 Å². The van der Waals surface area contributed by atoms with Crippen molar-refractivity contribution in [1.82, 2.24) is 0 Å². The van der Waals surface area contributed by atoms with Gasteiger partial charge in [-0.3, -0.25) is 10.1 Å². The highest BCUT2D eigenvalue weighted by atomic mass is 79.9. The van der Waals surface area contributed by atoms with Crippen LogP contribution in [0.4, 0.5) is 0 Å². The summed E-state index contributed by atoms with van der Waals surface area (Å²) in [7, 11) is -1.40. The van der Waals surface area contributed by atoms with Crippen LogP contribution < -0.4 is 4.74 Å². The van der Waals surface area contributed by atoms with Crippen molar-refractivity contribution >= 4 is 24.0 Å². The molecule has 1 aliphatic rings. The van der Waals surface area contributed by atoms with Crippen molar-refractivity contribution in [3.8, 4) is 5.75 Å². The van der Waals surface area contributed by atoms with Crippen molar-refractivity contribution in [3.05, 3.63) is 38.3 Å². The van der Waals surface area contributed by atoms with Crippen molar-refractivity contribution in [2.75, 3.05) is 0 Å². The Morgan fingerprint density at radius 3 is 2.67 bits per heavy atom. The molecule has 0 amide bonds. The van der Waals surface area contributed by atoms with Crippen LogP contribution in [0.3, 0.4) is 0 Å². The molecule has 0 spiro atoms. The monoisotopic (exact) mass is 329 g/mol. The zero-order valence-electron chi connectivity index (χ0n) is 10.6. The molecule has 0 saturated carbocycles. The van der Waals surface area contributed by atoms with Crippen LogP contribution in [-0.2, 0) is 0 Å². The van der Waals surface area contributed by atoms with Crippen LogP contribution in [0.1, 0.15) is 11.5 Å². The molecule has 1 aromatic carbocycles. The Bertz CT molecular complexity index is 487. The molecule has 1 heterocycles. The number of ether oxygens (including phenoxy) is 1. The fraction of sp³-hybridized carbons (Fsp3) is 0.500. The average molecular weight is 330 g/mol. The molecule has 6 heteroatoms. The van der Waals surface area contributed by atoms with E-state index in [1.54, 1.807) is 6.07 Å². The summed E-state index contributed by atoms with van der Waals surface area (Å²) in [4.78, 5) is 10.8. The van der Waals surface area contributed by atoms with Gasteiger partial charge in [0.15, 0.2) is 0 Å². The lowest BCUT2D eigenvalue weighted by atomic mass is 10.0. The number of halogens is 1. The van der Waals surface area contributed by atoms with E-state index in [2.05, 4.69) is 35.6 Å². The highest BCUT2D eigenvalue weighted by Crippen LogP contribution is 2.43. The normalized spacial score (nSPS) is 22.4. The van der Waals surface area contributed by atoms with Gasteiger partial charge in [0.1, 0.15) is 5.75 Å². The van der Waals surface area contributed by atoms with Gasteiger partial charge in [0.05, 0.1) is 10.8 Å². The smallest absolute Gasteiger partial charge is 0.360 e. The molecule has 2 rings (SSSR count). The summed E-state index contributed by atoms with van der Waals surface area (Å²) in [6.45, 7) is 6.67. The summed E-state index contributed by atoms with van der Waals surface area (Å²) in [5.41, 5.74) is 0.966. The van der Waals surface area contributed by atoms with Crippen LogP contribution >= 0.6 is 15.9 Å². The number of benzene rings is 1. The number of nitrogens with zero attached hydrogens (tertiary/aromatic N) is 1. The fourth-order valence-electron chi connectivity index (χ4n) is 2.34. The first-order valence-corrected chi connectivity index (χ1v) is 10.4. The average Bonchev–Trinajstić information content (AvgIpc) is 2.55. The summed E-state index contributed by atoms with van der Waals surface area (Å²) in [6, 6.07) is 6.47. The van der Waals surface area contributed by atoms with Crippen LogP contribution in [0.5, 0.6) is 5.75 Å². The van der Waals surface area contributed by atoms with E-state index in [1.807, 2.05) is 12.1 Å². The highest BCUT2D eigenvalue weighted by molar-refractivity contribution is 9.10. The van der Waals surface area contributed by atoms with Crippen LogP contribution in [-0.4, -0.2) is 19.2 Å². The molecule has 0 radical (unpaired) electrons. The van der Waals surface area contributed by atoms with Gasteiger partial charge in [-0.2, -0.15) is 0 Å². The molecule has 1 aliphatic heterocycles. The van der Waals surface area contributed by atoms with Crippen molar-refractivity contribution in [2.45, 2.75) is 37.8 Å². The summed E-state index contributed by atoms with van der Waals surface area (Å²) >= 11 is 3.41. The van der Waals surface area contributed by atoms with E-state index < -0.39 is 14.3 Å². The second-order valence-electron chi connectivity index (χ2n) is 5.85. The fourth-order valence-corrected chi connectivity index (χ4v) is 4.46. The standard InChI is InChI=1S/C12H16BrNO3Si/c1-18(2,3)7-10-9-6-8(13)4-5-11(9)17-12(10)14(15)16/h4-6,10,12H,7H2,1-3H3/t10-,12-/m0/s1. The number of nitro groups is 1. The molecule has 2 atom stereocenters. The van der Waals surface area contributed by atoms with Gasteiger partial charge >= 0.3 is 6.23 Å². The molecule has 1 aromatic rings. The minimum Gasteiger partial charge on any atom is -0.429 e. The Balaban J connectivity index is 2.39. The minimum atomic E-state index is -1.40. The number of hydrogen-bond acceptors (Lipinski definition) is 3. The molecule has 0 aromatic heterocycles.